The van der Waals surface area contributed by atoms with Crippen molar-refractivity contribution in [1.29, 1.82) is 0 Å². The fourth-order valence-electron chi connectivity index (χ4n) is 10.7. The maximum Gasteiger partial charge on any atom is 0.264 e. The molecular weight excluding hydrogens is 737 g/mol. The highest BCUT2D eigenvalue weighted by molar-refractivity contribution is 7.33. The summed E-state index contributed by atoms with van der Waals surface area (Å²) in [5.74, 6) is 1.98. The fraction of sp³-hybridized carbons (Fsp3) is 0.185. The highest BCUT2D eigenvalue weighted by Crippen LogP contribution is 2.52. The predicted octanol–water partition coefficient (Wildman–Crippen LogP) is 13.1. The smallest absolute Gasteiger partial charge is 0.264 e. The molecular formula is C54H44BNO2S. The van der Waals surface area contributed by atoms with Crippen LogP contribution in [0.5, 0.6) is 11.5 Å². The largest absolute Gasteiger partial charge is 0.457 e. The number of furan rings is 1. The fourth-order valence-corrected chi connectivity index (χ4v) is 11.9. The van der Waals surface area contributed by atoms with Crippen molar-refractivity contribution in [3.63, 3.8) is 0 Å². The van der Waals surface area contributed by atoms with E-state index in [1.165, 1.54) is 64.7 Å². The number of rotatable bonds is 3. The van der Waals surface area contributed by atoms with E-state index in [4.69, 9.17) is 9.15 Å². The molecule has 12 rings (SSSR count). The van der Waals surface area contributed by atoms with Crippen LogP contribution in [0.15, 0.2) is 144 Å². The van der Waals surface area contributed by atoms with Crippen LogP contribution in [0.4, 0.5) is 17.1 Å². The third-order valence-electron chi connectivity index (χ3n) is 13.8. The van der Waals surface area contributed by atoms with Crippen LogP contribution >= 0.6 is 11.3 Å². The molecule has 0 unspecified atom stereocenters. The van der Waals surface area contributed by atoms with Crippen LogP contribution in [0.3, 0.4) is 0 Å². The second kappa shape index (κ2) is 11.8. The summed E-state index contributed by atoms with van der Waals surface area (Å²) in [5, 5.41) is 3.45. The van der Waals surface area contributed by atoms with Gasteiger partial charge in [-0.2, -0.15) is 0 Å². The van der Waals surface area contributed by atoms with Gasteiger partial charge in [-0.3, -0.25) is 0 Å². The summed E-state index contributed by atoms with van der Waals surface area (Å²) in [6.45, 7) is 16.4. The van der Waals surface area contributed by atoms with E-state index in [0.29, 0.717) is 0 Å². The minimum absolute atomic E-state index is 0.0418. The molecule has 59 heavy (non-hydrogen) atoms. The number of nitrogens with zero attached hydrogens (tertiary/aromatic N) is 1. The van der Waals surface area contributed by atoms with Crippen molar-refractivity contribution in [2.45, 2.75) is 64.7 Å². The van der Waals surface area contributed by atoms with Crippen LogP contribution in [-0.2, 0) is 16.2 Å². The molecule has 3 aliphatic rings. The van der Waals surface area contributed by atoms with Gasteiger partial charge in [-0.25, -0.2) is 0 Å². The van der Waals surface area contributed by atoms with E-state index in [-0.39, 0.29) is 23.0 Å². The van der Waals surface area contributed by atoms with Crippen molar-refractivity contribution in [1.82, 2.24) is 0 Å². The van der Waals surface area contributed by atoms with Crippen molar-refractivity contribution < 1.29 is 9.15 Å². The Morgan fingerprint density at radius 1 is 0.593 bits per heavy atom. The first-order valence-electron chi connectivity index (χ1n) is 20.9. The Balaban J connectivity index is 1.07. The molecule has 0 atom stereocenters. The maximum absolute atomic E-state index is 7.05. The average molecular weight is 782 g/mol. The minimum Gasteiger partial charge on any atom is -0.457 e. The number of hydrogen-bond donors (Lipinski definition) is 0. The average Bonchev–Trinajstić information content (AvgIpc) is 3.86. The number of ether oxygens (including phenoxy) is 1. The second-order valence-electron chi connectivity index (χ2n) is 18.9. The molecule has 0 amide bonds. The Kier molecular flexibility index (Phi) is 6.99. The van der Waals surface area contributed by atoms with Gasteiger partial charge >= 0.3 is 0 Å². The van der Waals surface area contributed by atoms with E-state index >= 15 is 0 Å². The molecule has 0 saturated heterocycles. The lowest BCUT2D eigenvalue weighted by atomic mass is 9.33. The second-order valence-corrected chi connectivity index (χ2v) is 20.0. The lowest BCUT2D eigenvalue weighted by Gasteiger charge is -2.41. The third-order valence-corrected chi connectivity index (χ3v) is 15.0. The first kappa shape index (κ1) is 35.0. The summed E-state index contributed by atoms with van der Waals surface area (Å²) in [5.41, 5.74) is 16.8. The standard InChI is InChI=1S/C54H44BNO2S/c1-52(2,3)31-22-24-32(25-23-31)56(44-19-12-16-36-35-15-9-11-20-45(35)57-49(36)44)33-26-27-43-42(28-33)54(6,7)40-18-13-21-46-48(40)55(43)51-50(58-46)38-29-37-34-14-8-10-17-39(34)53(4,5)41(37)30-47(38)59-51/h8-30H,1-7H3. The SMILES string of the molecule is CC(C)(C)c1ccc(N(c2ccc3c(c2)C(C)(C)c2cccc4c2B3c2sc3cc5c(cc3c2O4)-c2ccccc2C5(C)C)c2cccc3c2oc2ccccc23)cc1. The van der Waals surface area contributed by atoms with Crippen LogP contribution in [0.1, 0.15) is 76.3 Å². The highest BCUT2D eigenvalue weighted by Gasteiger charge is 2.47. The lowest BCUT2D eigenvalue weighted by Crippen LogP contribution is -2.61. The zero-order valence-electron chi connectivity index (χ0n) is 34.5. The van der Waals surface area contributed by atoms with E-state index in [0.717, 1.165) is 50.5 Å². The van der Waals surface area contributed by atoms with Gasteiger partial charge in [0.05, 0.1) is 5.69 Å². The Morgan fingerprint density at radius 3 is 2.14 bits per heavy atom. The van der Waals surface area contributed by atoms with Crippen molar-refractivity contribution in [2.75, 3.05) is 4.90 Å². The van der Waals surface area contributed by atoms with E-state index in [2.05, 4.69) is 187 Å². The number of hydrogen-bond acceptors (Lipinski definition) is 4. The number of thiophene rings is 1. The Labute approximate surface area is 350 Å². The van der Waals surface area contributed by atoms with Crippen LogP contribution < -0.4 is 25.3 Å². The molecule has 5 heteroatoms. The summed E-state index contributed by atoms with van der Waals surface area (Å²) in [6, 6.07) is 51.7. The monoisotopic (exact) mass is 781 g/mol. The van der Waals surface area contributed by atoms with Crippen molar-refractivity contribution in [2.24, 2.45) is 0 Å². The molecule has 2 aromatic heterocycles. The van der Waals surface area contributed by atoms with E-state index in [1.54, 1.807) is 0 Å². The van der Waals surface area contributed by atoms with Gasteiger partial charge in [-0.05, 0) is 104 Å². The van der Waals surface area contributed by atoms with Gasteiger partial charge in [0.1, 0.15) is 17.1 Å². The molecule has 0 radical (unpaired) electrons. The molecule has 2 aliphatic heterocycles. The van der Waals surface area contributed by atoms with Gasteiger partial charge in [0.25, 0.3) is 6.71 Å². The molecule has 0 N–H and O–H groups in total. The zero-order chi connectivity index (χ0) is 40.2. The van der Waals surface area contributed by atoms with Gasteiger partial charge in [-0.15, -0.1) is 11.3 Å². The van der Waals surface area contributed by atoms with Gasteiger partial charge in [-0.1, -0.05) is 139 Å². The van der Waals surface area contributed by atoms with Crippen molar-refractivity contribution >= 4 is 82.8 Å². The van der Waals surface area contributed by atoms with Gasteiger partial charge in [0, 0.05) is 47.8 Å². The van der Waals surface area contributed by atoms with Crippen LogP contribution in [0.2, 0.25) is 0 Å². The molecule has 3 nitrogen and oxygen atoms in total. The number of fused-ring (bicyclic) bond motifs is 12. The van der Waals surface area contributed by atoms with Gasteiger partial charge < -0.3 is 14.1 Å². The Hall–Kier alpha value is -6.04. The topological polar surface area (TPSA) is 25.6 Å². The summed E-state index contributed by atoms with van der Waals surface area (Å²) in [4.78, 5) is 2.40. The molecule has 0 spiro atoms. The Bertz CT molecular complexity index is 3250. The van der Waals surface area contributed by atoms with Crippen LogP contribution in [0, 0.1) is 0 Å². The molecule has 0 fully saturated rings. The predicted molar refractivity (Wildman–Crippen MR) is 250 cm³/mol. The minimum atomic E-state index is -0.285. The number of anilines is 3. The summed E-state index contributed by atoms with van der Waals surface area (Å²) >= 11 is 1.91. The number of benzene rings is 7. The van der Waals surface area contributed by atoms with E-state index in [9.17, 15) is 0 Å². The summed E-state index contributed by atoms with van der Waals surface area (Å²) in [7, 11) is 0. The van der Waals surface area contributed by atoms with E-state index < -0.39 is 0 Å². The van der Waals surface area contributed by atoms with Gasteiger partial charge in [0.2, 0.25) is 0 Å². The molecule has 0 bridgehead atoms. The summed E-state index contributed by atoms with van der Waals surface area (Å²) in [6.07, 6.45) is 0. The molecule has 1 aliphatic carbocycles. The van der Waals surface area contributed by atoms with Crippen molar-refractivity contribution in [3.05, 3.63) is 167 Å². The normalized spacial score (nSPS) is 15.4. The zero-order valence-corrected chi connectivity index (χ0v) is 35.3. The Morgan fingerprint density at radius 2 is 1.31 bits per heavy atom. The van der Waals surface area contributed by atoms with Crippen LogP contribution in [0.25, 0.3) is 43.2 Å². The molecule has 7 aromatic carbocycles. The highest BCUT2D eigenvalue weighted by atomic mass is 32.1. The number of para-hydroxylation sites is 2. The maximum atomic E-state index is 7.05. The lowest BCUT2D eigenvalue weighted by molar-refractivity contribution is 0.491. The van der Waals surface area contributed by atoms with E-state index in [1.807, 2.05) is 17.4 Å². The molecule has 4 heterocycles. The molecule has 0 saturated carbocycles. The van der Waals surface area contributed by atoms with Crippen LogP contribution in [-0.4, -0.2) is 6.71 Å². The quantitative estimate of drug-likeness (QED) is 0.167. The molecule has 9 aromatic rings. The van der Waals surface area contributed by atoms with Crippen molar-refractivity contribution in [3.8, 4) is 22.6 Å². The summed E-state index contributed by atoms with van der Waals surface area (Å²) < 4.78 is 16.4. The third kappa shape index (κ3) is 4.77. The molecule has 286 valence electrons. The first-order chi connectivity index (χ1) is 28.4. The first-order valence-corrected chi connectivity index (χ1v) is 21.7. The van der Waals surface area contributed by atoms with Gasteiger partial charge in [0.15, 0.2) is 5.58 Å².